The Morgan fingerprint density at radius 2 is 1.68 bits per heavy atom. The summed E-state index contributed by atoms with van der Waals surface area (Å²) in [7, 11) is 0. The Morgan fingerprint density at radius 1 is 1.00 bits per heavy atom. The maximum atomic E-state index is 12.5. The van der Waals surface area contributed by atoms with Crippen LogP contribution in [0.2, 0.25) is 0 Å². The molecular formula is C18H20O. The summed E-state index contributed by atoms with van der Waals surface area (Å²) in [6.07, 6.45) is 0.490. The molecule has 2 aromatic rings. The zero-order chi connectivity index (χ0) is 13.9. The van der Waals surface area contributed by atoms with E-state index >= 15 is 0 Å². The molecule has 0 bridgehead atoms. The lowest BCUT2D eigenvalue weighted by atomic mass is 9.78. The maximum absolute atomic E-state index is 12.5. The second-order valence-electron chi connectivity index (χ2n) is 5.58. The van der Waals surface area contributed by atoms with Crippen molar-refractivity contribution in [1.29, 1.82) is 0 Å². The monoisotopic (exact) mass is 252 g/mol. The number of ketones is 1. The van der Waals surface area contributed by atoms with Crippen LogP contribution in [0.3, 0.4) is 0 Å². The summed E-state index contributed by atoms with van der Waals surface area (Å²) in [5, 5.41) is 0. The molecule has 0 saturated heterocycles. The van der Waals surface area contributed by atoms with Gasteiger partial charge >= 0.3 is 0 Å². The molecule has 0 fully saturated rings. The van der Waals surface area contributed by atoms with Crippen LogP contribution in [-0.2, 0) is 16.6 Å². The number of carbonyl (C=O) groups is 1. The van der Waals surface area contributed by atoms with Gasteiger partial charge in [0.15, 0.2) is 0 Å². The van der Waals surface area contributed by atoms with Crippen molar-refractivity contribution in [3.05, 3.63) is 71.3 Å². The van der Waals surface area contributed by atoms with Crippen LogP contribution in [0.5, 0.6) is 0 Å². The van der Waals surface area contributed by atoms with Crippen LogP contribution in [0.1, 0.15) is 30.5 Å². The van der Waals surface area contributed by atoms with Gasteiger partial charge < -0.3 is 0 Å². The lowest BCUT2D eigenvalue weighted by Gasteiger charge is -2.23. The van der Waals surface area contributed by atoms with E-state index < -0.39 is 5.41 Å². The van der Waals surface area contributed by atoms with Crippen LogP contribution in [0, 0.1) is 6.92 Å². The van der Waals surface area contributed by atoms with Gasteiger partial charge in [-0.05, 0) is 31.9 Å². The van der Waals surface area contributed by atoms with E-state index in [-0.39, 0.29) is 5.78 Å². The first-order valence-corrected chi connectivity index (χ1v) is 6.64. The Morgan fingerprint density at radius 3 is 2.32 bits per heavy atom. The van der Waals surface area contributed by atoms with Crippen molar-refractivity contribution in [2.24, 2.45) is 0 Å². The zero-order valence-electron chi connectivity index (χ0n) is 11.8. The molecule has 0 amide bonds. The molecule has 1 heteroatoms. The lowest BCUT2D eigenvalue weighted by molar-refractivity contribution is -0.122. The summed E-state index contributed by atoms with van der Waals surface area (Å²) < 4.78 is 0. The van der Waals surface area contributed by atoms with Gasteiger partial charge in [0.05, 0.1) is 0 Å². The SMILES string of the molecule is Cc1cccc(CC(=O)C(C)(C)c2ccccc2)c1. The van der Waals surface area contributed by atoms with Crippen LogP contribution in [0.15, 0.2) is 54.6 Å². The molecule has 0 unspecified atom stereocenters. The van der Waals surface area contributed by atoms with Crippen molar-refractivity contribution in [2.75, 3.05) is 0 Å². The number of hydrogen-bond donors (Lipinski definition) is 0. The highest BCUT2D eigenvalue weighted by atomic mass is 16.1. The fraction of sp³-hybridized carbons (Fsp3) is 0.278. The van der Waals surface area contributed by atoms with E-state index in [1.165, 1.54) is 5.56 Å². The zero-order valence-corrected chi connectivity index (χ0v) is 11.8. The second-order valence-corrected chi connectivity index (χ2v) is 5.58. The summed E-state index contributed by atoms with van der Waals surface area (Å²) >= 11 is 0. The molecule has 2 aromatic carbocycles. The normalized spacial score (nSPS) is 11.3. The molecule has 0 aliphatic rings. The molecule has 1 nitrogen and oxygen atoms in total. The van der Waals surface area contributed by atoms with Crippen LogP contribution in [0.25, 0.3) is 0 Å². The van der Waals surface area contributed by atoms with Crippen molar-refractivity contribution < 1.29 is 4.79 Å². The molecule has 0 radical (unpaired) electrons. The summed E-state index contributed by atoms with van der Waals surface area (Å²) in [4.78, 5) is 12.5. The average molecular weight is 252 g/mol. The van der Waals surface area contributed by atoms with Crippen LogP contribution < -0.4 is 0 Å². The summed E-state index contributed by atoms with van der Waals surface area (Å²) in [6.45, 7) is 6.05. The van der Waals surface area contributed by atoms with Crippen molar-refractivity contribution in [3.63, 3.8) is 0 Å². The number of carbonyl (C=O) groups excluding carboxylic acids is 1. The van der Waals surface area contributed by atoms with Gasteiger partial charge in [0.25, 0.3) is 0 Å². The van der Waals surface area contributed by atoms with Crippen LogP contribution in [-0.4, -0.2) is 5.78 Å². The highest BCUT2D eigenvalue weighted by Crippen LogP contribution is 2.25. The van der Waals surface area contributed by atoms with Crippen LogP contribution >= 0.6 is 0 Å². The standard InChI is InChI=1S/C18H20O/c1-14-8-7-9-15(12-14)13-17(19)18(2,3)16-10-5-4-6-11-16/h4-12H,13H2,1-3H3. The minimum atomic E-state index is -0.439. The predicted molar refractivity (Wildman–Crippen MR) is 79.4 cm³/mol. The van der Waals surface area contributed by atoms with Gasteiger partial charge in [0.2, 0.25) is 0 Å². The molecule has 19 heavy (non-hydrogen) atoms. The first-order chi connectivity index (χ1) is 9.00. The lowest BCUT2D eigenvalue weighted by Crippen LogP contribution is -2.30. The van der Waals surface area contributed by atoms with Gasteiger partial charge in [0.1, 0.15) is 5.78 Å². The number of hydrogen-bond acceptors (Lipinski definition) is 1. The molecule has 0 atom stereocenters. The molecule has 0 aliphatic carbocycles. The molecule has 2 rings (SSSR count). The summed E-state index contributed by atoms with van der Waals surface area (Å²) in [5.41, 5.74) is 2.93. The third-order valence-electron chi connectivity index (χ3n) is 3.64. The smallest absolute Gasteiger partial charge is 0.147 e. The van der Waals surface area contributed by atoms with Gasteiger partial charge in [-0.25, -0.2) is 0 Å². The molecule has 0 heterocycles. The maximum Gasteiger partial charge on any atom is 0.147 e. The van der Waals surface area contributed by atoms with Gasteiger partial charge in [-0.1, -0.05) is 60.2 Å². The first kappa shape index (κ1) is 13.5. The van der Waals surface area contributed by atoms with E-state index in [0.29, 0.717) is 6.42 Å². The van der Waals surface area contributed by atoms with Gasteiger partial charge in [-0.3, -0.25) is 4.79 Å². The summed E-state index contributed by atoms with van der Waals surface area (Å²) in [5.74, 6) is 0.254. The van der Waals surface area contributed by atoms with Crippen molar-refractivity contribution >= 4 is 5.78 Å². The largest absolute Gasteiger partial charge is 0.298 e. The van der Waals surface area contributed by atoms with Gasteiger partial charge in [-0.15, -0.1) is 0 Å². The van der Waals surface area contributed by atoms with Gasteiger partial charge in [0, 0.05) is 11.8 Å². The molecule has 0 aromatic heterocycles. The Labute approximate surface area is 115 Å². The minimum Gasteiger partial charge on any atom is -0.298 e. The van der Waals surface area contributed by atoms with Gasteiger partial charge in [-0.2, -0.15) is 0 Å². The Balaban J connectivity index is 2.20. The highest BCUT2D eigenvalue weighted by Gasteiger charge is 2.28. The number of rotatable bonds is 4. The average Bonchev–Trinajstić information content (AvgIpc) is 2.39. The Bertz CT molecular complexity index is 567. The molecule has 98 valence electrons. The Kier molecular flexibility index (Phi) is 3.84. The highest BCUT2D eigenvalue weighted by molar-refractivity contribution is 5.91. The van der Waals surface area contributed by atoms with E-state index in [4.69, 9.17) is 0 Å². The predicted octanol–water partition coefficient (Wildman–Crippen LogP) is 4.08. The molecule has 0 aliphatic heterocycles. The third kappa shape index (κ3) is 3.11. The van der Waals surface area contributed by atoms with E-state index in [1.54, 1.807) is 0 Å². The number of benzene rings is 2. The second kappa shape index (κ2) is 5.40. The van der Waals surface area contributed by atoms with E-state index in [1.807, 2.05) is 56.3 Å². The first-order valence-electron chi connectivity index (χ1n) is 6.64. The van der Waals surface area contributed by atoms with Crippen LogP contribution in [0.4, 0.5) is 0 Å². The van der Waals surface area contributed by atoms with E-state index in [2.05, 4.69) is 19.1 Å². The van der Waals surface area contributed by atoms with Crippen molar-refractivity contribution in [3.8, 4) is 0 Å². The molecular weight excluding hydrogens is 232 g/mol. The quantitative estimate of drug-likeness (QED) is 0.801. The molecule has 0 saturated carbocycles. The molecule has 0 spiro atoms. The number of Topliss-reactive ketones (excluding diaryl/α,β-unsaturated/α-hetero) is 1. The fourth-order valence-electron chi connectivity index (χ4n) is 2.24. The van der Waals surface area contributed by atoms with E-state index in [9.17, 15) is 4.79 Å². The van der Waals surface area contributed by atoms with Crippen molar-refractivity contribution in [2.45, 2.75) is 32.6 Å². The Hall–Kier alpha value is -1.89. The van der Waals surface area contributed by atoms with Crippen molar-refractivity contribution in [1.82, 2.24) is 0 Å². The third-order valence-corrected chi connectivity index (χ3v) is 3.64. The minimum absolute atomic E-state index is 0.254. The topological polar surface area (TPSA) is 17.1 Å². The molecule has 0 N–H and O–H groups in total. The number of aryl methyl sites for hydroxylation is 1. The summed E-state index contributed by atoms with van der Waals surface area (Å²) in [6, 6.07) is 18.1. The fourth-order valence-corrected chi connectivity index (χ4v) is 2.24. The van der Waals surface area contributed by atoms with E-state index in [0.717, 1.165) is 11.1 Å².